The van der Waals surface area contributed by atoms with E-state index >= 15 is 0 Å². The molecule has 28 heavy (non-hydrogen) atoms. The number of para-hydroxylation sites is 1. The van der Waals surface area contributed by atoms with E-state index < -0.39 is 0 Å². The molecule has 0 saturated carbocycles. The molecule has 0 bridgehead atoms. The molecule has 0 atom stereocenters. The van der Waals surface area contributed by atoms with Gasteiger partial charge < -0.3 is 4.90 Å². The highest BCUT2D eigenvalue weighted by Crippen LogP contribution is 2.18. The van der Waals surface area contributed by atoms with Crippen LogP contribution in [0.15, 0.2) is 67.0 Å². The van der Waals surface area contributed by atoms with Crippen LogP contribution in [0.5, 0.6) is 0 Å². The van der Waals surface area contributed by atoms with Crippen molar-refractivity contribution in [1.82, 2.24) is 24.9 Å². The van der Waals surface area contributed by atoms with Crippen LogP contribution in [-0.4, -0.2) is 37.8 Å². The number of amides is 1. The van der Waals surface area contributed by atoms with Crippen LogP contribution in [0.1, 0.15) is 27.2 Å². The van der Waals surface area contributed by atoms with Crippen molar-refractivity contribution in [3.8, 4) is 0 Å². The van der Waals surface area contributed by atoms with E-state index in [9.17, 15) is 4.79 Å². The number of carbonyl (C=O) groups is 1. The summed E-state index contributed by atoms with van der Waals surface area (Å²) in [5, 5.41) is 9.25. The van der Waals surface area contributed by atoms with Crippen LogP contribution >= 0.6 is 0 Å². The highest BCUT2D eigenvalue weighted by Gasteiger charge is 2.17. The maximum atomic E-state index is 12.8. The number of hydrogen-bond donors (Lipinski definition) is 0. The predicted molar refractivity (Wildman–Crippen MR) is 108 cm³/mol. The van der Waals surface area contributed by atoms with E-state index in [0.29, 0.717) is 18.8 Å². The van der Waals surface area contributed by atoms with Crippen molar-refractivity contribution in [1.29, 1.82) is 0 Å². The lowest BCUT2D eigenvalue weighted by molar-refractivity contribution is 0.0779. The summed E-state index contributed by atoms with van der Waals surface area (Å²) in [5.74, 6) is -0.163. The van der Waals surface area contributed by atoms with Gasteiger partial charge in [-0.3, -0.25) is 9.78 Å². The van der Waals surface area contributed by atoms with Crippen molar-refractivity contribution in [2.24, 2.45) is 0 Å². The molecule has 0 aliphatic rings. The minimum absolute atomic E-state index is 0.163. The Bertz CT molecular complexity index is 1130. The number of aromatic nitrogens is 4. The van der Waals surface area contributed by atoms with E-state index in [0.717, 1.165) is 22.0 Å². The first kappa shape index (κ1) is 17.9. The van der Waals surface area contributed by atoms with Crippen LogP contribution in [0.3, 0.4) is 0 Å². The second-order valence-corrected chi connectivity index (χ2v) is 6.88. The highest BCUT2D eigenvalue weighted by atomic mass is 16.2. The van der Waals surface area contributed by atoms with Crippen LogP contribution in [0, 0.1) is 6.92 Å². The Morgan fingerprint density at radius 3 is 2.68 bits per heavy atom. The summed E-state index contributed by atoms with van der Waals surface area (Å²) in [6.07, 6.45) is 3.47. The number of fused-ring (bicyclic) bond motifs is 1. The number of rotatable bonds is 5. The van der Waals surface area contributed by atoms with Crippen LogP contribution < -0.4 is 0 Å². The minimum Gasteiger partial charge on any atom is -0.336 e. The van der Waals surface area contributed by atoms with Gasteiger partial charge in [0.15, 0.2) is 5.69 Å². The molecule has 0 spiro atoms. The molecule has 4 rings (SSSR count). The summed E-state index contributed by atoms with van der Waals surface area (Å²) in [7, 11) is 1.77. The van der Waals surface area contributed by atoms with Crippen LogP contribution in [0.2, 0.25) is 0 Å². The zero-order valence-electron chi connectivity index (χ0n) is 15.9. The van der Waals surface area contributed by atoms with Crippen molar-refractivity contribution in [3.63, 3.8) is 0 Å². The molecule has 0 fully saturated rings. The Balaban J connectivity index is 1.50. The lowest BCUT2D eigenvalue weighted by Crippen LogP contribution is -2.26. The average molecular weight is 371 g/mol. The van der Waals surface area contributed by atoms with Gasteiger partial charge in [0.05, 0.1) is 18.3 Å². The average Bonchev–Trinajstić information content (AvgIpc) is 3.18. The monoisotopic (exact) mass is 371 g/mol. The van der Waals surface area contributed by atoms with Crippen LogP contribution in [0.25, 0.3) is 10.9 Å². The zero-order valence-corrected chi connectivity index (χ0v) is 15.9. The molecule has 0 saturated heterocycles. The first-order chi connectivity index (χ1) is 13.6. The van der Waals surface area contributed by atoms with Gasteiger partial charge in [-0.1, -0.05) is 53.7 Å². The van der Waals surface area contributed by atoms with Gasteiger partial charge in [0, 0.05) is 25.2 Å². The Hall–Kier alpha value is -3.54. The molecule has 0 N–H and O–H groups in total. The van der Waals surface area contributed by atoms with Gasteiger partial charge in [0.25, 0.3) is 5.91 Å². The van der Waals surface area contributed by atoms with Gasteiger partial charge in [-0.15, -0.1) is 5.10 Å². The molecule has 0 aliphatic carbocycles. The fourth-order valence-electron chi connectivity index (χ4n) is 3.25. The van der Waals surface area contributed by atoms with Crippen molar-refractivity contribution >= 4 is 16.8 Å². The van der Waals surface area contributed by atoms with Crippen molar-refractivity contribution < 1.29 is 4.79 Å². The molecule has 1 amide bonds. The highest BCUT2D eigenvalue weighted by molar-refractivity contribution is 5.92. The zero-order chi connectivity index (χ0) is 19.5. The Labute approximate surface area is 163 Å². The van der Waals surface area contributed by atoms with Crippen molar-refractivity contribution in [2.75, 3.05) is 7.05 Å². The molecule has 2 aromatic carbocycles. The van der Waals surface area contributed by atoms with Gasteiger partial charge in [0.2, 0.25) is 0 Å². The molecule has 0 unspecified atom stereocenters. The third kappa shape index (κ3) is 3.62. The minimum atomic E-state index is -0.163. The molecule has 6 heteroatoms. The number of aryl methyl sites for hydroxylation is 1. The standard InChI is InChI=1S/C22H21N5O/c1-16-7-3-4-8-18(16)14-27-15-20(24-25-27)22(28)26(2)13-19-10-5-9-17-11-6-12-23-21(17)19/h3-12,15H,13-14H2,1-2H3. The molecular formula is C22H21N5O. The van der Waals surface area contributed by atoms with Crippen LogP contribution in [0.4, 0.5) is 0 Å². The number of hydrogen-bond acceptors (Lipinski definition) is 4. The van der Waals surface area contributed by atoms with Gasteiger partial charge in [0.1, 0.15) is 0 Å². The topological polar surface area (TPSA) is 63.9 Å². The normalized spacial score (nSPS) is 10.9. The smallest absolute Gasteiger partial charge is 0.276 e. The van der Waals surface area contributed by atoms with Crippen molar-refractivity contribution in [2.45, 2.75) is 20.0 Å². The number of carbonyl (C=O) groups excluding carboxylic acids is 1. The summed E-state index contributed by atoms with van der Waals surface area (Å²) in [4.78, 5) is 18.9. The summed E-state index contributed by atoms with van der Waals surface area (Å²) in [6, 6.07) is 18.0. The van der Waals surface area contributed by atoms with E-state index in [1.807, 2.05) is 42.5 Å². The number of benzene rings is 2. The van der Waals surface area contributed by atoms with Gasteiger partial charge in [-0.2, -0.15) is 0 Å². The summed E-state index contributed by atoms with van der Waals surface area (Å²) < 4.78 is 1.70. The summed E-state index contributed by atoms with van der Waals surface area (Å²) >= 11 is 0. The first-order valence-electron chi connectivity index (χ1n) is 9.14. The van der Waals surface area contributed by atoms with E-state index in [2.05, 4.69) is 34.4 Å². The molecule has 0 aliphatic heterocycles. The largest absolute Gasteiger partial charge is 0.336 e. The quantitative estimate of drug-likeness (QED) is 0.539. The van der Waals surface area contributed by atoms with Gasteiger partial charge in [-0.05, 0) is 29.7 Å². The maximum absolute atomic E-state index is 12.8. The van der Waals surface area contributed by atoms with Gasteiger partial charge >= 0.3 is 0 Å². The van der Waals surface area contributed by atoms with E-state index in [1.54, 1.807) is 29.0 Å². The summed E-state index contributed by atoms with van der Waals surface area (Å²) in [5.41, 5.74) is 4.59. The third-order valence-corrected chi connectivity index (χ3v) is 4.82. The van der Waals surface area contributed by atoms with Gasteiger partial charge in [-0.25, -0.2) is 4.68 Å². The maximum Gasteiger partial charge on any atom is 0.276 e. The van der Waals surface area contributed by atoms with E-state index in [1.165, 1.54) is 5.56 Å². The number of pyridine rings is 1. The Morgan fingerprint density at radius 2 is 1.82 bits per heavy atom. The second kappa shape index (κ2) is 7.60. The molecule has 4 aromatic rings. The molecular weight excluding hydrogens is 350 g/mol. The lowest BCUT2D eigenvalue weighted by Gasteiger charge is -2.16. The SMILES string of the molecule is Cc1ccccc1Cn1cc(C(=O)N(C)Cc2cccc3cccnc23)nn1. The second-order valence-electron chi connectivity index (χ2n) is 6.88. The molecule has 2 heterocycles. The molecule has 2 aromatic heterocycles. The summed E-state index contributed by atoms with van der Waals surface area (Å²) in [6.45, 7) is 3.10. The fourth-order valence-corrected chi connectivity index (χ4v) is 3.25. The first-order valence-corrected chi connectivity index (χ1v) is 9.14. The molecule has 0 radical (unpaired) electrons. The van der Waals surface area contributed by atoms with E-state index in [-0.39, 0.29) is 5.91 Å². The van der Waals surface area contributed by atoms with E-state index in [4.69, 9.17) is 0 Å². The fraction of sp³-hybridized carbons (Fsp3) is 0.182. The lowest BCUT2D eigenvalue weighted by atomic mass is 10.1. The Morgan fingerprint density at radius 1 is 1.04 bits per heavy atom. The molecule has 6 nitrogen and oxygen atoms in total. The van der Waals surface area contributed by atoms with Crippen molar-refractivity contribution in [3.05, 3.63) is 89.4 Å². The molecule has 140 valence electrons. The Kier molecular flexibility index (Phi) is 4.85. The van der Waals surface area contributed by atoms with Crippen LogP contribution in [-0.2, 0) is 13.1 Å². The predicted octanol–water partition coefficient (Wildman–Crippen LogP) is 3.46. The third-order valence-electron chi connectivity index (χ3n) is 4.82. The number of nitrogens with zero attached hydrogens (tertiary/aromatic N) is 5.